The van der Waals surface area contributed by atoms with Crippen molar-refractivity contribution in [2.45, 2.75) is 4.90 Å². The van der Waals surface area contributed by atoms with Crippen LogP contribution in [0.1, 0.15) is 0 Å². The number of halogens is 1. The van der Waals surface area contributed by atoms with Crippen molar-refractivity contribution in [2.24, 2.45) is 5.14 Å². The van der Waals surface area contributed by atoms with Crippen molar-refractivity contribution in [3.63, 3.8) is 0 Å². The lowest BCUT2D eigenvalue weighted by molar-refractivity contribution is 0.598. The first kappa shape index (κ1) is 14.4. The maximum Gasteiger partial charge on any atom is 0.238 e. The maximum atomic E-state index is 13.9. The number of rotatable bonds is 3. The van der Waals surface area contributed by atoms with Crippen LogP contribution in [0.4, 0.5) is 4.39 Å². The Morgan fingerprint density at radius 3 is 2.32 bits per heavy atom. The molecule has 7 heteroatoms. The first-order valence-electron chi connectivity index (χ1n) is 6.39. The van der Waals surface area contributed by atoms with E-state index >= 15 is 0 Å². The van der Waals surface area contributed by atoms with Crippen LogP contribution in [0, 0.1) is 5.82 Å². The van der Waals surface area contributed by atoms with E-state index in [4.69, 9.17) is 5.14 Å². The van der Waals surface area contributed by atoms with Gasteiger partial charge in [-0.1, -0.05) is 30.3 Å². The molecule has 112 valence electrons. The van der Waals surface area contributed by atoms with Crippen LogP contribution in [0.5, 0.6) is 0 Å². The zero-order valence-electron chi connectivity index (χ0n) is 11.3. The Hall–Kier alpha value is -2.51. The summed E-state index contributed by atoms with van der Waals surface area (Å²) in [5.74, 6) is -0.355. The number of aromatic nitrogens is 2. The molecule has 3 aromatic rings. The summed E-state index contributed by atoms with van der Waals surface area (Å²) in [6.45, 7) is 0. The second kappa shape index (κ2) is 5.36. The first-order chi connectivity index (χ1) is 10.5. The third kappa shape index (κ3) is 2.63. The lowest BCUT2D eigenvalue weighted by Crippen LogP contribution is -2.11. The molecule has 0 saturated heterocycles. The predicted molar refractivity (Wildman–Crippen MR) is 80.8 cm³/mol. The van der Waals surface area contributed by atoms with Crippen molar-refractivity contribution in [2.75, 3.05) is 0 Å². The molecule has 0 amide bonds. The van der Waals surface area contributed by atoms with Gasteiger partial charge in [-0.3, -0.25) is 5.10 Å². The number of H-pyrrole nitrogens is 1. The Bertz CT molecular complexity index is 918. The van der Waals surface area contributed by atoms with E-state index in [9.17, 15) is 12.8 Å². The van der Waals surface area contributed by atoms with Gasteiger partial charge in [0.05, 0.1) is 10.6 Å². The number of nitrogens with one attached hydrogen (secondary N) is 1. The summed E-state index contributed by atoms with van der Waals surface area (Å²) in [6, 6.07) is 12.3. The minimum atomic E-state index is -3.75. The van der Waals surface area contributed by atoms with Crippen molar-refractivity contribution in [3.05, 3.63) is 60.5 Å². The molecule has 0 spiro atoms. The molecule has 0 fully saturated rings. The number of benzene rings is 2. The van der Waals surface area contributed by atoms with Crippen molar-refractivity contribution in [1.82, 2.24) is 10.2 Å². The fourth-order valence-corrected chi connectivity index (χ4v) is 2.71. The van der Waals surface area contributed by atoms with Gasteiger partial charge in [-0.05, 0) is 18.2 Å². The minimum absolute atomic E-state index is 0.0132. The molecule has 0 saturated carbocycles. The molecule has 0 aliphatic heterocycles. The summed E-state index contributed by atoms with van der Waals surface area (Å²) in [4.78, 5) is 0.0132. The fraction of sp³-hybridized carbons (Fsp3) is 0. The van der Waals surface area contributed by atoms with Crippen molar-refractivity contribution >= 4 is 10.0 Å². The number of nitrogens with zero attached hydrogens (tertiary/aromatic N) is 1. The molecule has 2 aromatic carbocycles. The fourth-order valence-electron chi connectivity index (χ4n) is 2.20. The van der Waals surface area contributed by atoms with Gasteiger partial charge >= 0.3 is 0 Å². The molecular weight excluding hydrogens is 305 g/mol. The normalized spacial score (nSPS) is 11.5. The van der Waals surface area contributed by atoms with E-state index in [1.54, 1.807) is 36.5 Å². The highest BCUT2D eigenvalue weighted by molar-refractivity contribution is 7.89. The first-order valence-corrected chi connectivity index (χ1v) is 7.93. The number of sulfonamides is 1. The quantitative estimate of drug-likeness (QED) is 0.778. The summed E-state index contributed by atoms with van der Waals surface area (Å²) >= 11 is 0. The van der Waals surface area contributed by atoms with Crippen molar-refractivity contribution in [3.8, 4) is 22.4 Å². The van der Waals surface area contributed by atoms with Gasteiger partial charge in [0, 0.05) is 22.9 Å². The standard InChI is InChI=1S/C15H12FN3O2S/c16-14-4-2-1-3-12(14)13-9-18-19-15(13)10-5-7-11(8-6-10)22(17,20)21/h1-9H,(H,18,19)(H2,17,20,21). The number of hydrogen-bond donors (Lipinski definition) is 2. The maximum absolute atomic E-state index is 13.9. The lowest BCUT2D eigenvalue weighted by atomic mass is 10.0. The van der Waals surface area contributed by atoms with E-state index < -0.39 is 10.0 Å². The summed E-state index contributed by atoms with van der Waals surface area (Å²) in [6.07, 6.45) is 1.60. The van der Waals surface area contributed by atoms with Crippen LogP contribution in [-0.2, 0) is 10.0 Å². The Morgan fingerprint density at radius 1 is 1.00 bits per heavy atom. The van der Waals surface area contributed by atoms with Crippen LogP contribution in [0.2, 0.25) is 0 Å². The topological polar surface area (TPSA) is 88.8 Å². The number of hydrogen-bond acceptors (Lipinski definition) is 3. The monoisotopic (exact) mass is 317 g/mol. The molecule has 0 bridgehead atoms. The summed E-state index contributed by atoms with van der Waals surface area (Å²) in [7, 11) is -3.75. The number of primary sulfonamides is 1. The third-order valence-electron chi connectivity index (χ3n) is 3.26. The van der Waals surface area contributed by atoms with Crippen LogP contribution in [0.15, 0.2) is 59.6 Å². The van der Waals surface area contributed by atoms with Crippen LogP contribution in [0.3, 0.4) is 0 Å². The zero-order valence-corrected chi connectivity index (χ0v) is 12.1. The SMILES string of the molecule is NS(=O)(=O)c1ccc(-c2n[nH]cc2-c2ccccc2F)cc1. The highest BCUT2D eigenvalue weighted by Crippen LogP contribution is 2.31. The van der Waals surface area contributed by atoms with Crippen LogP contribution in [-0.4, -0.2) is 18.6 Å². The second-order valence-electron chi connectivity index (χ2n) is 4.70. The average molecular weight is 317 g/mol. The van der Waals surface area contributed by atoms with E-state index in [1.165, 1.54) is 18.2 Å². The predicted octanol–water partition coefficient (Wildman–Crippen LogP) is 2.53. The van der Waals surface area contributed by atoms with Crippen molar-refractivity contribution < 1.29 is 12.8 Å². The third-order valence-corrected chi connectivity index (χ3v) is 4.19. The average Bonchev–Trinajstić information content (AvgIpc) is 2.96. The van der Waals surface area contributed by atoms with Gasteiger partial charge in [0.25, 0.3) is 0 Å². The van der Waals surface area contributed by atoms with Crippen LogP contribution in [0.25, 0.3) is 22.4 Å². The lowest BCUT2D eigenvalue weighted by Gasteiger charge is -2.05. The van der Waals surface area contributed by atoms with Gasteiger partial charge in [-0.25, -0.2) is 17.9 Å². The highest BCUT2D eigenvalue weighted by atomic mass is 32.2. The van der Waals surface area contributed by atoms with E-state index in [1.807, 2.05) is 0 Å². The molecule has 0 unspecified atom stereocenters. The van der Waals surface area contributed by atoms with Gasteiger partial charge < -0.3 is 0 Å². The van der Waals surface area contributed by atoms with E-state index in [-0.39, 0.29) is 10.7 Å². The molecule has 22 heavy (non-hydrogen) atoms. The molecule has 0 atom stereocenters. The van der Waals surface area contributed by atoms with E-state index in [2.05, 4.69) is 10.2 Å². The smallest absolute Gasteiger partial charge is 0.238 e. The highest BCUT2D eigenvalue weighted by Gasteiger charge is 2.14. The molecule has 3 rings (SSSR count). The molecule has 0 aliphatic rings. The van der Waals surface area contributed by atoms with E-state index in [0.29, 0.717) is 22.4 Å². The summed E-state index contributed by atoms with van der Waals surface area (Å²) in [5.41, 5.74) is 2.21. The van der Waals surface area contributed by atoms with Gasteiger partial charge in [0.1, 0.15) is 5.82 Å². The Morgan fingerprint density at radius 2 is 1.68 bits per heavy atom. The Kier molecular flexibility index (Phi) is 3.51. The summed E-state index contributed by atoms with van der Waals surface area (Å²) in [5, 5.41) is 11.9. The largest absolute Gasteiger partial charge is 0.284 e. The summed E-state index contributed by atoms with van der Waals surface area (Å²) < 4.78 is 36.5. The molecule has 5 nitrogen and oxygen atoms in total. The molecular formula is C15H12FN3O2S. The van der Waals surface area contributed by atoms with Crippen LogP contribution >= 0.6 is 0 Å². The van der Waals surface area contributed by atoms with Crippen LogP contribution < -0.4 is 5.14 Å². The van der Waals surface area contributed by atoms with Gasteiger partial charge in [0.15, 0.2) is 0 Å². The molecule has 0 aliphatic carbocycles. The number of aromatic amines is 1. The Labute approximate surface area is 126 Å². The van der Waals surface area contributed by atoms with E-state index in [0.717, 1.165) is 0 Å². The number of nitrogens with two attached hydrogens (primary N) is 1. The molecule has 0 radical (unpaired) electrons. The zero-order chi connectivity index (χ0) is 15.7. The van der Waals surface area contributed by atoms with Gasteiger partial charge in [0.2, 0.25) is 10.0 Å². The van der Waals surface area contributed by atoms with Gasteiger partial charge in [-0.15, -0.1) is 0 Å². The molecule has 1 aromatic heterocycles. The molecule has 1 heterocycles. The molecule has 3 N–H and O–H groups in total. The van der Waals surface area contributed by atoms with Gasteiger partial charge in [-0.2, -0.15) is 5.10 Å². The Balaban J connectivity index is 2.08. The second-order valence-corrected chi connectivity index (χ2v) is 6.26. The van der Waals surface area contributed by atoms with Crippen molar-refractivity contribution in [1.29, 1.82) is 0 Å². The minimum Gasteiger partial charge on any atom is -0.284 e.